The summed E-state index contributed by atoms with van der Waals surface area (Å²) < 4.78 is 1.86. The Kier molecular flexibility index (Phi) is 5.64. The zero-order chi connectivity index (χ0) is 19.3. The lowest BCUT2D eigenvalue weighted by Gasteiger charge is -2.32. The first-order chi connectivity index (χ1) is 13.7. The number of amides is 1. The van der Waals surface area contributed by atoms with Crippen molar-refractivity contribution in [2.45, 2.75) is 6.42 Å². The Balaban J connectivity index is 1.37. The van der Waals surface area contributed by atoms with Crippen LogP contribution in [-0.4, -0.2) is 76.4 Å². The fourth-order valence-corrected chi connectivity index (χ4v) is 3.50. The van der Waals surface area contributed by atoms with Gasteiger partial charge in [-0.05, 0) is 20.0 Å². The Morgan fingerprint density at radius 3 is 2.71 bits per heavy atom. The number of benzene rings is 1. The zero-order valence-corrected chi connectivity index (χ0v) is 16.2. The highest BCUT2D eigenvalue weighted by Gasteiger charge is 2.15. The molecule has 0 unspecified atom stereocenters. The molecule has 28 heavy (non-hydrogen) atoms. The maximum Gasteiger partial charge on any atom is 0.271 e. The fourth-order valence-electron chi connectivity index (χ4n) is 3.50. The highest BCUT2D eigenvalue weighted by atomic mass is 16.1. The largest absolute Gasteiger partial charge is 0.351 e. The van der Waals surface area contributed by atoms with E-state index < -0.39 is 0 Å². The summed E-state index contributed by atoms with van der Waals surface area (Å²) in [6.07, 6.45) is 6.26. The van der Waals surface area contributed by atoms with E-state index in [1.807, 2.05) is 40.9 Å². The molecule has 1 aliphatic heterocycles. The van der Waals surface area contributed by atoms with E-state index in [2.05, 4.69) is 32.1 Å². The van der Waals surface area contributed by atoms with Gasteiger partial charge >= 0.3 is 0 Å². The van der Waals surface area contributed by atoms with E-state index in [1.165, 1.54) is 0 Å². The number of carbonyl (C=O) groups is 1. The molecule has 3 heterocycles. The number of nitrogens with one attached hydrogen (secondary N) is 1. The van der Waals surface area contributed by atoms with Crippen LogP contribution in [-0.2, 0) is 0 Å². The third kappa shape index (κ3) is 4.21. The van der Waals surface area contributed by atoms with Gasteiger partial charge in [-0.25, -0.2) is 4.98 Å². The van der Waals surface area contributed by atoms with E-state index in [9.17, 15) is 4.79 Å². The van der Waals surface area contributed by atoms with Gasteiger partial charge in [0.05, 0.1) is 0 Å². The minimum absolute atomic E-state index is 0.138. The lowest BCUT2D eigenvalue weighted by Crippen LogP contribution is -2.45. The van der Waals surface area contributed by atoms with Crippen LogP contribution in [0, 0.1) is 0 Å². The predicted molar refractivity (Wildman–Crippen MR) is 109 cm³/mol. The van der Waals surface area contributed by atoms with Crippen molar-refractivity contribution in [3.63, 3.8) is 0 Å². The quantitative estimate of drug-likeness (QED) is 0.662. The fraction of sp³-hybridized carbons (Fsp3) is 0.381. The molecule has 4 rings (SSSR count). The van der Waals surface area contributed by atoms with Gasteiger partial charge in [-0.2, -0.15) is 0 Å². The average molecular weight is 378 g/mol. The molecule has 0 atom stereocenters. The number of carbonyl (C=O) groups excluding carboxylic acids is 1. The van der Waals surface area contributed by atoms with Crippen molar-refractivity contribution in [2.75, 3.05) is 46.3 Å². The second-order valence-electron chi connectivity index (χ2n) is 7.25. The lowest BCUT2D eigenvalue weighted by atomic mass is 10.1. The Morgan fingerprint density at radius 1 is 1.14 bits per heavy atom. The molecule has 1 aromatic carbocycles. The number of piperazine rings is 1. The molecule has 146 valence electrons. The number of hydrogen-bond donors (Lipinski definition) is 1. The Hall–Kier alpha value is -2.77. The summed E-state index contributed by atoms with van der Waals surface area (Å²) in [7, 11) is 2.16. The summed E-state index contributed by atoms with van der Waals surface area (Å²) in [5, 5.41) is 3.00. The van der Waals surface area contributed by atoms with E-state index in [0.717, 1.165) is 50.4 Å². The monoisotopic (exact) mass is 378 g/mol. The van der Waals surface area contributed by atoms with E-state index >= 15 is 0 Å². The molecular weight excluding hydrogens is 352 g/mol. The van der Waals surface area contributed by atoms with Gasteiger partial charge in [-0.1, -0.05) is 30.3 Å². The van der Waals surface area contributed by atoms with Crippen LogP contribution in [0.5, 0.6) is 0 Å². The summed E-state index contributed by atoms with van der Waals surface area (Å²) in [4.78, 5) is 26.3. The Morgan fingerprint density at radius 2 is 1.93 bits per heavy atom. The van der Waals surface area contributed by atoms with Crippen molar-refractivity contribution in [3.8, 4) is 11.3 Å². The summed E-state index contributed by atoms with van der Waals surface area (Å²) in [5.74, 6) is -0.138. The first-order valence-electron chi connectivity index (χ1n) is 9.79. The molecule has 1 N–H and O–H groups in total. The van der Waals surface area contributed by atoms with Crippen LogP contribution in [0.25, 0.3) is 16.9 Å². The van der Waals surface area contributed by atoms with E-state index in [-0.39, 0.29) is 5.91 Å². The molecule has 0 spiro atoms. The average Bonchev–Trinajstić information content (AvgIpc) is 3.17. The van der Waals surface area contributed by atoms with Gasteiger partial charge in [0.2, 0.25) is 0 Å². The summed E-state index contributed by atoms with van der Waals surface area (Å²) in [6.45, 7) is 6.11. The van der Waals surface area contributed by atoms with E-state index in [1.54, 1.807) is 12.4 Å². The number of fused-ring (bicyclic) bond motifs is 1. The van der Waals surface area contributed by atoms with Gasteiger partial charge in [-0.15, -0.1) is 0 Å². The van der Waals surface area contributed by atoms with Gasteiger partial charge in [0.15, 0.2) is 5.65 Å². The van der Waals surface area contributed by atoms with Crippen molar-refractivity contribution < 1.29 is 4.79 Å². The van der Waals surface area contributed by atoms with E-state index in [0.29, 0.717) is 17.9 Å². The number of aromatic nitrogens is 3. The highest BCUT2D eigenvalue weighted by molar-refractivity contribution is 5.93. The second-order valence-corrected chi connectivity index (χ2v) is 7.25. The first kappa shape index (κ1) is 18.6. The maximum atomic E-state index is 12.5. The summed E-state index contributed by atoms with van der Waals surface area (Å²) in [6, 6.07) is 9.90. The number of rotatable bonds is 6. The molecule has 1 saturated heterocycles. The molecule has 0 aliphatic carbocycles. The third-order valence-electron chi connectivity index (χ3n) is 5.19. The Bertz CT molecular complexity index is 930. The molecule has 1 aliphatic rings. The van der Waals surface area contributed by atoms with E-state index in [4.69, 9.17) is 0 Å². The first-order valence-corrected chi connectivity index (χ1v) is 9.79. The number of hydrogen-bond acceptors (Lipinski definition) is 5. The molecule has 1 amide bonds. The van der Waals surface area contributed by atoms with Crippen molar-refractivity contribution >= 4 is 11.6 Å². The summed E-state index contributed by atoms with van der Waals surface area (Å²) in [5.41, 5.74) is 2.87. The van der Waals surface area contributed by atoms with Gasteiger partial charge in [0.25, 0.3) is 5.91 Å². The van der Waals surface area contributed by atoms with Crippen molar-refractivity contribution in [1.29, 1.82) is 0 Å². The molecule has 7 heteroatoms. The van der Waals surface area contributed by atoms with Crippen molar-refractivity contribution in [2.24, 2.45) is 0 Å². The number of nitrogens with zero attached hydrogens (tertiary/aromatic N) is 5. The van der Waals surface area contributed by atoms with Crippen LogP contribution < -0.4 is 5.32 Å². The van der Waals surface area contributed by atoms with Crippen LogP contribution in [0.15, 0.2) is 48.9 Å². The molecule has 1 fully saturated rings. The van der Waals surface area contributed by atoms with Gasteiger partial charge in [0.1, 0.15) is 11.4 Å². The Labute approximate surface area is 165 Å². The molecule has 0 saturated carbocycles. The number of imidazole rings is 1. The van der Waals surface area contributed by atoms with Crippen LogP contribution >= 0.6 is 0 Å². The third-order valence-corrected chi connectivity index (χ3v) is 5.19. The second kappa shape index (κ2) is 8.50. The molecule has 0 radical (unpaired) electrons. The number of likely N-dealkylation sites (N-methyl/N-ethyl adjacent to an activating group) is 1. The van der Waals surface area contributed by atoms with Crippen LogP contribution in [0.1, 0.15) is 16.9 Å². The van der Waals surface area contributed by atoms with Crippen LogP contribution in [0.3, 0.4) is 0 Å². The summed E-state index contributed by atoms with van der Waals surface area (Å²) >= 11 is 0. The SMILES string of the molecule is CN1CCN(CCCNC(=O)c2cn3ccnc(-c4ccccc4)c3n2)CC1. The molecule has 2 aromatic heterocycles. The normalized spacial score (nSPS) is 15.8. The smallest absolute Gasteiger partial charge is 0.271 e. The van der Waals surface area contributed by atoms with Crippen LogP contribution in [0.2, 0.25) is 0 Å². The predicted octanol–water partition coefficient (Wildman–Crippen LogP) is 1.76. The van der Waals surface area contributed by atoms with Gasteiger partial charge in [-0.3, -0.25) is 9.78 Å². The van der Waals surface area contributed by atoms with Crippen LogP contribution in [0.4, 0.5) is 0 Å². The van der Waals surface area contributed by atoms with Crippen molar-refractivity contribution in [3.05, 3.63) is 54.6 Å². The molecular formula is C21H26N6O. The standard InChI is InChI=1S/C21H26N6O/c1-25-12-14-26(15-13-25)10-5-8-23-21(28)18-16-27-11-9-22-19(20(27)24-18)17-6-3-2-4-7-17/h2-4,6-7,9,11,16H,5,8,10,12-15H2,1H3,(H,23,28). The minimum Gasteiger partial charge on any atom is -0.351 e. The molecule has 7 nitrogen and oxygen atoms in total. The lowest BCUT2D eigenvalue weighted by molar-refractivity contribution is 0.0945. The molecule has 3 aromatic rings. The van der Waals surface area contributed by atoms with Gasteiger partial charge in [0, 0.05) is 56.9 Å². The minimum atomic E-state index is -0.138. The maximum absolute atomic E-state index is 12.5. The molecule has 0 bridgehead atoms. The van der Waals surface area contributed by atoms with Crippen molar-refractivity contribution in [1.82, 2.24) is 29.5 Å². The topological polar surface area (TPSA) is 65.8 Å². The van der Waals surface area contributed by atoms with Gasteiger partial charge < -0.3 is 19.5 Å². The highest BCUT2D eigenvalue weighted by Crippen LogP contribution is 2.21. The zero-order valence-electron chi connectivity index (χ0n) is 16.2.